The first kappa shape index (κ1) is 34.3. The number of halogens is 7. The summed E-state index contributed by atoms with van der Waals surface area (Å²) < 4.78 is 54.5. The number of benzene rings is 2. The molecule has 0 radical (unpaired) electrons. The number of para-hydroxylation sites is 1. The number of aromatic hydroxyl groups is 1. The zero-order valence-corrected chi connectivity index (χ0v) is 28.3. The van der Waals surface area contributed by atoms with Crippen molar-refractivity contribution < 1.29 is 41.8 Å². The zero-order valence-electron chi connectivity index (χ0n) is 26.0. The number of phenols is 1. The van der Waals surface area contributed by atoms with Gasteiger partial charge in [0.15, 0.2) is 15.6 Å². The van der Waals surface area contributed by atoms with Crippen LogP contribution in [-0.4, -0.2) is 55.5 Å². The zero-order chi connectivity index (χ0) is 36.2. The van der Waals surface area contributed by atoms with Gasteiger partial charge in [-0.15, -0.1) is 23.2 Å². The van der Waals surface area contributed by atoms with Crippen LogP contribution in [0.2, 0.25) is 5.02 Å². The van der Waals surface area contributed by atoms with Gasteiger partial charge in [0.1, 0.15) is 17.3 Å². The van der Waals surface area contributed by atoms with E-state index >= 15 is 0 Å². The van der Waals surface area contributed by atoms with Crippen LogP contribution in [-0.2, 0) is 25.4 Å². The number of imide groups is 2. The summed E-state index contributed by atoms with van der Waals surface area (Å²) in [6, 6.07) is 10.9. The van der Waals surface area contributed by atoms with Gasteiger partial charge >= 0.3 is 6.18 Å². The van der Waals surface area contributed by atoms with E-state index in [0.717, 1.165) is 28.1 Å². The number of allylic oxidation sites excluding steroid dienone is 2. The number of amides is 4. The fourth-order valence-corrected chi connectivity index (χ4v) is 9.00. The quantitative estimate of drug-likeness (QED) is 0.140. The molecule has 0 spiro atoms. The van der Waals surface area contributed by atoms with Crippen molar-refractivity contribution in [1.82, 2.24) is 9.99 Å². The highest BCUT2D eigenvalue weighted by Gasteiger charge is 2.77. The van der Waals surface area contributed by atoms with Gasteiger partial charge in [0.25, 0.3) is 23.6 Å². The predicted molar refractivity (Wildman–Crippen MR) is 174 cm³/mol. The van der Waals surface area contributed by atoms with Gasteiger partial charge in [-0.25, -0.2) is 14.3 Å². The maximum atomic E-state index is 14.4. The standard InChI is InChI=1S/C34H25Cl3F4N4O5/c1-15-4-3-5-20(26(15)46)25-18-10-11-19-24(29(48)45(28(19)47)43(2)27-22(35)12-13-23(42-27)34(39,40)41)21(18)14-32(36)30(49)44(31(50)33(25,32)37)17-8-6-16(38)7-9-17/h3-10,12-13,19,21,24-25,46H,11,14H2,1-2H3. The number of carbonyl (C=O) groups is 4. The molecule has 50 heavy (non-hydrogen) atoms. The van der Waals surface area contributed by atoms with Gasteiger partial charge in [-0.05, 0) is 67.6 Å². The second kappa shape index (κ2) is 11.4. The molecule has 16 heteroatoms. The predicted octanol–water partition coefficient (Wildman–Crippen LogP) is 6.52. The lowest BCUT2D eigenvalue weighted by atomic mass is 9.56. The van der Waals surface area contributed by atoms with E-state index in [9.17, 15) is 41.8 Å². The minimum atomic E-state index is -4.85. The van der Waals surface area contributed by atoms with Crippen LogP contribution >= 0.6 is 34.8 Å². The summed E-state index contributed by atoms with van der Waals surface area (Å²) >= 11 is 20.8. The van der Waals surface area contributed by atoms with Crippen molar-refractivity contribution in [2.75, 3.05) is 17.0 Å². The molecule has 2 aliphatic carbocycles. The van der Waals surface area contributed by atoms with Crippen molar-refractivity contribution in [3.63, 3.8) is 0 Å². The van der Waals surface area contributed by atoms with E-state index in [0.29, 0.717) is 22.2 Å². The number of aryl methyl sites for hydroxylation is 1. The maximum Gasteiger partial charge on any atom is 0.433 e. The Morgan fingerprint density at radius 3 is 2.30 bits per heavy atom. The van der Waals surface area contributed by atoms with E-state index in [1.54, 1.807) is 25.1 Å². The fraction of sp³-hybridized carbons (Fsp3) is 0.324. The number of alkyl halides is 5. The number of anilines is 2. The Morgan fingerprint density at radius 2 is 1.64 bits per heavy atom. The van der Waals surface area contributed by atoms with Gasteiger partial charge in [-0.3, -0.25) is 24.2 Å². The number of nitrogens with zero attached hydrogens (tertiary/aromatic N) is 4. The second-order valence-corrected chi connectivity index (χ2v) is 14.4. The lowest BCUT2D eigenvalue weighted by Crippen LogP contribution is -2.60. The second-order valence-electron chi connectivity index (χ2n) is 12.8. The van der Waals surface area contributed by atoms with Crippen LogP contribution in [0.3, 0.4) is 0 Å². The molecule has 4 amide bonds. The Labute approximate surface area is 297 Å². The van der Waals surface area contributed by atoms with Gasteiger partial charge < -0.3 is 5.11 Å². The first-order valence-electron chi connectivity index (χ1n) is 15.3. The normalized spacial score (nSPS) is 29.2. The van der Waals surface area contributed by atoms with Gasteiger partial charge in [0.05, 0.1) is 22.5 Å². The topological polar surface area (TPSA) is 111 Å². The third-order valence-electron chi connectivity index (χ3n) is 10.2. The molecule has 6 unspecified atom stereocenters. The maximum absolute atomic E-state index is 14.4. The van der Waals surface area contributed by atoms with E-state index in [2.05, 4.69) is 4.98 Å². The van der Waals surface area contributed by atoms with Gasteiger partial charge in [0.2, 0.25) is 0 Å². The van der Waals surface area contributed by atoms with Crippen LogP contribution in [0.15, 0.2) is 66.2 Å². The highest BCUT2D eigenvalue weighted by atomic mass is 35.5. The van der Waals surface area contributed by atoms with Crippen molar-refractivity contribution in [2.45, 2.75) is 41.6 Å². The molecule has 3 aromatic rings. The Hall–Kier alpha value is -4.20. The number of hydrogen-bond donors (Lipinski definition) is 1. The first-order chi connectivity index (χ1) is 23.4. The number of carbonyl (C=O) groups excluding carboxylic acids is 4. The minimum Gasteiger partial charge on any atom is -0.507 e. The van der Waals surface area contributed by atoms with E-state index in [1.807, 2.05) is 0 Å². The summed E-state index contributed by atoms with van der Waals surface area (Å²) in [7, 11) is 1.18. The Bertz CT molecular complexity index is 2050. The average molecular weight is 752 g/mol. The molecule has 1 aromatic heterocycles. The summed E-state index contributed by atoms with van der Waals surface area (Å²) in [5.41, 5.74) is -0.372. The molecule has 6 atom stereocenters. The number of hydrogen-bond acceptors (Lipinski definition) is 7. The van der Waals surface area contributed by atoms with Crippen molar-refractivity contribution in [3.8, 4) is 5.75 Å². The van der Waals surface area contributed by atoms with Crippen LogP contribution in [0.4, 0.5) is 29.1 Å². The Morgan fingerprint density at radius 1 is 0.960 bits per heavy atom. The molecular formula is C34H25Cl3F4N4O5. The molecule has 1 saturated carbocycles. The van der Waals surface area contributed by atoms with Gasteiger partial charge in [-0.2, -0.15) is 18.2 Å². The first-order valence-corrected chi connectivity index (χ1v) is 16.4. The molecule has 260 valence electrons. The highest BCUT2D eigenvalue weighted by Crippen LogP contribution is 2.66. The molecule has 0 bridgehead atoms. The van der Waals surface area contributed by atoms with Crippen molar-refractivity contribution in [1.29, 1.82) is 0 Å². The van der Waals surface area contributed by atoms with E-state index in [-0.39, 0.29) is 28.4 Å². The molecule has 4 aliphatic rings. The Kier molecular flexibility index (Phi) is 7.82. The lowest BCUT2D eigenvalue weighted by molar-refractivity contribution is -0.141. The molecule has 3 heterocycles. The van der Waals surface area contributed by atoms with Gasteiger partial charge in [0, 0.05) is 18.5 Å². The molecule has 2 aliphatic heterocycles. The van der Waals surface area contributed by atoms with Crippen molar-refractivity contribution >= 4 is 69.9 Å². The van der Waals surface area contributed by atoms with Crippen LogP contribution < -0.4 is 9.91 Å². The van der Waals surface area contributed by atoms with Crippen molar-refractivity contribution in [3.05, 3.63) is 93.9 Å². The molecule has 7 rings (SSSR count). The summed E-state index contributed by atoms with van der Waals surface area (Å²) in [6.07, 6.45) is -3.67. The number of rotatable bonds is 4. The third-order valence-corrected chi connectivity index (χ3v) is 11.9. The monoisotopic (exact) mass is 750 g/mol. The molecular weight excluding hydrogens is 727 g/mol. The summed E-state index contributed by atoms with van der Waals surface area (Å²) in [4.78, 5) is 56.9. The number of fused-ring (bicyclic) bond motifs is 4. The van der Waals surface area contributed by atoms with Crippen LogP contribution in [0.1, 0.15) is 35.6 Å². The third kappa shape index (κ3) is 4.62. The molecule has 3 fully saturated rings. The van der Waals surface area contributed by atoms with Crippen LogP contribution in [0.5, 0.6) is 5.75 Å². The molecule has 1 N–H and O–H groups in total. The van der Waals surface area contributed by atoms with Gasteiger partial charge in [-0.1, -0.05) is 41.4 Å². The summed E-state index contributed by atoms with van der Waals surface area (Å²) in [5.74, 6) is -9.37. The smallest absolute Gasteiger partial charge is 0.433 e. The largest absolute Gasteiger partial charge is 0.507 e. The minimum absolute atomic E-state index is 0.0109. The van der Waals surface area contributed by atoms with Crippen LogP contribution in [0.25, 0.3) is 0 Å². The lowest BCUT2D eigenvalue weighted by Gasteiger charge is -2.50. The number of pyridine rings is 1. The Balaban J connectivity index is 1.36. The summed E-state index contributed by atoms with van der Waals surface area (Å²) in [5, 5.41) is 12.6. The average Bonchev–Trinajstić information content (AvgIpc) is 3.40. The van der Waals surface area contributed by atoms with E-state index in [4.69, 9.17) is 34.8 Å². The van der Waals surface area contributed by atoms with Crippen molar-refractivity contribution in [2.24, 2.45) is 17.8 Å². The fourth-order valence-electron chi connectivity index (χ4n) is 7.85. The van der Waals surface area contributed by atoms with Crippen LogP contribution in [0, 0.1) is 30.5 Å². The SMILES string of the molecule is Cc1cccc(C2C3=CCC4C(=O)N(N(C)c5nc(C(F)(F)F)ccc5Cl)C(=O)C4C3CC3(Cl)C(=O)N(c4ccc(F)cc4)C(=O)C23Cl)c1O. The van der Waals surface area contributed by atoms with E-state index < -0.39 is 87.0 Å². The molecule has 2 saturated heterocycles. The number of phenolic OH excluding ortho intramolecular Hbond substituents is 1. The molecule has 2 aromatic carbocycles. The highest BCUT2D eigenvalue weighted by molar-refractivity contribution is 6.58. The molecule has 9 nitrogen and oxygen atoms in total. The number of hydrazine groups is 1. The summed E-state index contributed by atoms with van der Waals surface area (Å²) in [6.45, 7) is 1.62. The van der Waals surface area contributed by atoms with E-state index in [1.165, 1.54) is 25.2 Å². The number of aromatic nitrogens is 1.